The molecule has 3 aromatic rings. The van der Waals surface area contributed by atoms with Crippen molar-refractivity contribution in [3.8, 4) is 17.0 Å². The van der Waals surface area contributed by atoms with E-state index in [4.69, 9.17) is 4.74 Å². The van der Waals surface area contributed by atoms with Crippen molar-refractivity contribution in [3.05, 3.63) is 68.2 Å². The van der Waals surface area contributed by atoms with Crippen LogP contribution in [0.15, 0.2) is 58.0 Å². The average Bonchev–Trinajstić information content (AvgIpc) is 2.89. The molecule has 0 spiro atoms. The van der Waals surface area contributed by atoms with E-state index in [1.54, 1.807) is 25.3 Å². The van der Waals surface area contributed by atoms with Crippen LogP contribution in [-0.4, -0.2) is 17.6 Å². The number of aryl methyl sites for hydroxylation is 1. The molecule has 3 rings (SSSR count). The number of ether oxygens (including phenoxy) is 1. The molecular weight excluding hydrogens is 400 g/mol. The van der Waals surface area contributed by atoms with Gasteiger partial charge in [0.05, 0.1) is 18.4 Å². The summed E-state index contributed by atoms with van der Waals surface area (Å²) in [6.45, 7) is 2.04. The summed E-state index contributed by atoms with van der Waals surface area (Å²) in [4.78, 5) is 18.7. The Labute approximate surface area is 158 Å². The smallest absolute Gasteiger partial charge is 0.283 e. The van der Waals surface area contributed by atoms with E-state index in [1.165, 1.54) is 11.3 Å². The Hall–Kier alpha value is -2.18. The first-order chi connectivity index (χ1) is 12.0. The molecule has 0 saturated carbocycles. The fourth-order valence-corrected chi connectivity index (χ4v) is 3.90. The first-order valence-electron chi connectivity index (χ1n) is 7.65. The number of methoxy groups -OCH3 is 1. The molecule has 128 valence electrons. The number of hydrogen-bond donors (Lipinski definition) is 0. The molecule has 1 amide bonds. The molecule has 0 bridgehead atoms. The van der Waals surface area contributed by atoms with Crippen molar-refractivity contribution in [3.63, 3.8) is 0 Å². The highest BCUT2D eigenvalue weighted by Gasteiger charge is 2.14. The van der Waals surface area contributed by atoms with Gasteiger partial charge in [0.25, 0.3) is 5.91 Å². The molecular formula is C19H17BrN2O2S. The Kier molecular flexibility index (Phi) is 5.20. The molecule has 6 heteroatoms. The zero-order valence-electron chi connectivity index (χ0n) is 14.1. The van der Waals surface area contributed by atoms with Crippen molar-refractivity contribution in [1.82, 2.24) is 4.57 Å². The molecule has 0 aliphatic carbocycles. The standard InChI is InChI=1S/C19H17BrN2O2S/c1-12-17(13-8-10-14(20)11-9-13)22(2)19(25-12)21-18(23)15-6-4-5-7-16(15)24-3/h4-11H,1-3H3. The number of amides is 1. The highest BCUT2D eigenvalue weighted by Crippen LogP contribution is 2.26. The van der Waals surface area contributed by atoms with E-state index in [0.29, 0.717) is 16.1 Å². The maximum absolute atomic E-state index is 12.6. The van der Waals surface area contributed by atoms with Crippen LogP contribution in [0.1, 0.15) is 15.2 Å². The van der Waals surface area contributed by atoms with Gasteiger partial charge < -0.3 is 9.30 Å². The van der Waals surface area contributed by atoms with Crippen LogP contribution in [0.3, 0.4) is 0 Å². The van der Waals surface area contributed by atoms with E-state index < -0.39 is 0 Å². The lowest BCUT2D eigenvalue weighted by atomic mass is 10.1. The quantitative estimate of drug-likeness (QED) is 0.627. The van der Waals surface area contributed by atoms with Gasteiger partial charge in [-0.05, 0) is 36.8 Å². The molecule has 0 fully saturated rings. The number of nitrogens with zero attached hydrogens (tertiary/aromatic N) is 2. The fourth-order valence-electron chi connectivity index (χ4n) is 2.66. The summed E-state index contributed by atoms with van der Waals surface area (Å²) in [6.07, 6.45) is 0. The van der Waals surface area contributed by atoms with Gasteiger partial charge in [-0.25, -0.2) is 0 Å². The Morgan fingerprint density at radius 1 is 1.16 bits per heavy atom. The second-order valence-corrected chi connectivity index (χ2v) is 7.57. The van der Waals surface area contributed by atoms with E-state index in [1.807, 2.05) is 48.9 Å². The summed E-state index contributed by atoms with van der Waals surface area (Å²) >= 11 is 4.95. The number of para-hydroxylation sites is 1. The zero-order chi connectivity index (χ0) is 18.0. The first kappa shape index (κ1) is 17.6. The molecule has 0 atom stereocenters. The summed E-state index contributed by atoms with van der Waals surface area (Å²) in [5.41, 5.74) is 2.61. The van der Waals surface area contributed by atoms with Crippen LogP contribution in [0.25, 0.3) is 11.3 Å². The Bertz CT molecular complexity index is 987. The van der Waals surface area contributed by atoms with Gasteiger partial charge in [-0.1, -0.05) is 40.2 Å². The molecule has 25 heavy (non-hydrogen) atoms. The second kappa shape index (κ2) is 7.37. The normalized spacial score (nSPS) is 11.6. The molecule has 2 aromatic carbocycles. The van der Waals surface area contributed by atoms with E-state index >= 15 is 0 Å². The van der Waals surface area contributed by atoms with Crippen LogP contribution in [0.4, 0.5) is 0 Å². The van der Waals surface area contributed by atoms with Crippen molar-refractivity contribution >= 4 is 33.2 Å². The van der Waals surface area contributed by atoms with Crippen LogP contribution in [0, 0.1) is 6.92 Å². The molecule has 0 unspecified atom stereocenters. The van der Waals surface area contributed by atoms with Crippen molar-refractivity contribution in [2.45, 2.75) is 6.92 Å². The predicted octanol–water partition coefficient (Wildman–Crippen LogP) is 4.57. The lowest BCUT2D eigenvalue weighted by Gasteiger charge is -2.05. The maximum atomic E-state index is 12.6. The van der Waals surface area contributed by atoms with Crippen LogP contribution >= 0.6 is 27.3 Å². The Balaban J connectivity index is 2.06. The molecule has 0 saturated heterocycles. The topological polar surface area (TPSA) is 43.6 Å². The van der Waals surface area contributed by atoms with E-state index in [0.717, 1.165) is 20.6 Å². The first-order valence-corrected chi connectivity index (χ1v) is 9.26. The molecule has 0 radical (unpaired) electrons. The van der Waals surface area contributed by atoms with Crippen LogP contribution < -0.4 is 9.54 Å². The van der Waals surface area contributed by atoms with Gasteiger partial charge >= 0.3 is 0 Å². The molecule has 0 N–H and O–H groups in total. The minimum atomic E-state index is -0.309. The zero-order valence-corrected chi connectivity index (χ0v) is 16.5. The van der Waals surface area contributed by atoms with Crippen LogP contribution in [0.5, 0.6) is 5.75 Å². The number of hydrogen-bond acceptors (Lipinski definition) is 3. The third-order valence-corrected chi connectivity index (χ3v) is 5.43. The highest BCUT2D eigenvalue weighted by molar-refractivity contribution is 9.10. The van der Waals surface area contributed by atoms with Crippen molar-refractivity contribution < 1.29 is 9.53 Å². The van der Waals surface area contributed by atoms with Gasteiger partial charge in [-0.3, -0.25) is 4.79 Å². The van der Waals surface area contributed by atoms with Crippen molar-refractivity contribution in [2.24, 2.45) is 12.0 Å². The highest BCUT2D eigenvalue weighted by atomic mass is 79.9. The summed E-state index contributed by atoms with van der Waals surface area (Å²) in [5.74, 6) is 0.219. The summed E-state index contributed by atoms with van der Waals surface area (Å²) in [6, 6.07) is 15.2. The average molecular weight is 417 g/mol. The van der Waals surface area contributed by atoms with Gasteiger partial charge in [0.15, 0.2) is 4.80 Å². The molecule has 4 nitrogen and oxygen atoms in total. The second-order valence-electron chi connectivity index (χ2n) is 5.47. The summed E-state index contributed by atoms with van der Waals surface area (Å²) < 4.78 is 8.24. The largest absolute Gasteiger partial charge is 0.496 e. The molecule has 0 aliphatic rings. The monoisotopic (exact) mass is 416 g/mol. The SMILES string of the molecule is COc1ccccc1C(=O)N=c1sc(C)c(-c2ccc(Br)cc2)n1C. The lowest BCUT2D eigenvalue weighted by Crippen LogP contribution is -2.14. The summed E-state index contributed by atoms with van der Waals surface area (Å²) in [7, 11) is 3.47. The molecule has 1 aromatic heterocycles. The van der Waals surface area contributed by atoms with E-state index in [-0.39, 0.29) is 5.91 Å². The van der Waals surface area contributed by atoms with Gasteiger partial charge in [0.1, 0.15) is 5.75 Å². The van der Waals surface area contributed by atoms with Gasteiger partial charge in [-0.2, -0.15) is 4.99 Å². The third kappa shape index (κ3) is 3.60. The van der Waals surface area contributed by atoms with Crippen LogP contribution in [0.2, 0.25) is 0 Å². The van der Waals surface area contributed by atoms with E-state index in [9.17, 15) is 4.79 Å². The van der Waals surface area contributed by atoms with Crippen LogP contribution in [-0.2, 0) is 7.05 Å². The van der Waals surface area contributed by atoms with Crippen molar-refractivity contribution in [1.29, 1.82) is 0 Å². The maximum Gasteiger partial charge on any atom is 0.283 e. The number of thiazole rings is 1. The number of carbonyl (C=O) groups is 1. The number of carbonyl (C=O) groups excluding carboxylic acids is 1. The minimum Gasteiger partial charge on any atom is -0.496 e. The fraction of sp³-hybridized carbons (Fsp3) is 0.158. The molecule has 0 aliphatic heterocycles. The Morgan fingerprint density at radius 3 is 2.52 bits per heavy atom. The number of benzene rings is 2. The predicted molar refractivity (Wildman–Crippen MR) is 104 cm³/mol. The third-order valence-electron chi connectivity index (χ3n) is 3.85. The van der Waals surface area contributed by atoms with Crippen molar-refractivity contribution in [2.75, 3.05) is 7.11 Å². The van der Waals surface area contributed by atoms with E-state index in [2.05, 4.69) is 20.9 Å². The number of aromatic nitrogens is 1. The Morgan fingerprint density at radius 2 is 1.84 bits per heavy atom. The van der Waals surface area contributed by atoms with Gasteiger partial charge in [0, 0.05) is 16.4 Å². The van der Waals surface area contributed by atoms with Gasteiger partial charge in [-0.15, -0.1) is 11.3 Å². The number of rotatable bonds is 3. The minimum absolute atomic E-state index is 0.309. The lowest BCUT2D eigenvalue weighted by molar-refractivity contribution is 0.0995. The summed E-state index contributed by atoms with van der Waals surface area (Å²) in [5, 5.41) is 0. The number of halogens is 1. The van der Waals surface area contributed by atoms with Gasteiger partial charge in [0.2, 0.25) is 0 Å². The molecule has 1 heterocycles.